The summed E-state index contributed by atoms with van der Waals surface area (Å²) in [5, 5.41) is 9.73. The lowest BCUT2D eigenvalue weighted by molar-refractivity contribution is 0.783. The largest absolute Gasteiger partial charge is 0.240 e. The lowest BCUT2D eigenvalue weighted by atomic mass is 10.1. The first-order valence-electron chi connectivity index (χ1n) is 4.88. The van der Waals surface area contributed by atoms with Gasteiger partial charge in [0.15, 0.2) is 0 Å². The highest BCUT2D eigenvalue weighted by molar-refractivity contribution is 5.83. The Morgan fingerprint density at radius 3 is 2.80 bits per heavy atom. The molecule has 0 spiro atoms. The molecule has 0 atom stereocenters. The van der Waals surface area contributed by atoms with Gasteiger partial charge in [-0.2, -0.15) is 5.26 Å². The average Bonchev–Trinajstić information content (AvgIpc) is 2.27. The molecule has 0 aliphatic carbocycles. The molecular formula is C12H11N3. The van der Waals surface area contributed by atoms with Crippen LogP contribution in [0.2, 0.25) is 0 Å². The number of aromatic nitrogens is 2. The summed E-state index contributed by atoms with van der Waals surface area (Å²) < 4.78 is 0. The molecule has 0 saturated carbocycles. The molecule has 2 rings (SSSR count). The van der Waals surface area contributed by atoms with Crippen molar-refractivity contribution < 1.29 is 0 Å². The molecule has 3 nitrogen and oxygen atoms in total. The number of benzene rings is 1. The Bertz CT molecular complexity index is 538. The topological polar surface area (TPSA) is 49.6 Å². The summed E-state index contributed by atoms with van der Waals surface area (Å²) in [7, 11) is 0. The van der Waals surface area contributed by atoms with Crippen molar-refractivity contribution in [3.05, 3.63) is 35.8 Å². The van der Waals surface area contributed by atoms with Crippen LogP contribution < -0.4 is 0 Å². The quantitative estimate of drug-likeness (QED) is 0.706. The third kappa shape index (κ3) is 1.66. The van der Waals surface area contributed by atoms with E-state index in [1.807, 2.05) is 12.1 Å². The maximum Gasteiger partial charge on any atom is 0.131 e. The highest BCUT2D eigenvalue weighted by Gasteiger charge is 2.06. The maximum atomic E-state index is 8.91. The van der Waals surface area contributed by atoms with Gasteiger partial charge in [0.2, 0.25) is 0 Å². The Balaban J connectivity index is 2.70. The number of nitrogens with zero attached hydrogens (tertiary/aromatic N) is 3. The number of hydrogen-bond acceptors (Lipinski definition) is 3. The monoisotopic (exact) mass is 197 g/mol. The molecule has 0 aliphatic rings. The number of fused-ring (bicyclic) bond motifs is 1. The molecule has 0 aliphatic heterocycles. The maximum absolute atomic E-state index is 8.91. The molecule has 0 amide bonds. The van der Waals surface area contributed by atoms with Crippen LogP contribution in [-0.4, -0.2) is 9.97 Å². The minimum absolute atomic E-state index is 0.306. The third-order valence-electron chi connectivity index (χ3n) is 2.28. The van der Waals surface area contributed by atoms with Crippen LogP contribution in [0.3, 0.4) is 0 Å². The lowest BCUT2D eigenvalue weighted by Gasteiger charge is -2.04. The van der Waals surface area contributed by atoms with Gasteiger partial charge < -0.3 is 0 Å². The van der Waals surface area contributed by atoms with Crippen LogP contribution in [0.4, 0.5) is 0 Å². The van der Waals surface area contributed by atoms with E-state index in [-0.39, 0.29) is 0 Å². The van der Waals surface area contributed by atoms with Crippen LogP contribution in [0.15, 0.2) is 24.4 Å². The van der Waals surface area contributed by atoms with Gasteiger partial charge in [0.05, 0.1) is 17.1 Å². The number of hydrogen-bond donors (Lipinski definition) is 0. The second kappa shape index (κ2) is 3.66. The van der Waals surface area contributed by atoms with Crippen molar-refractivity contribution in [2.24, 2.45) is 0 Å². The molecule has 0 saturated heterocycles. The molecule has 0 unspecified atom stereocenters. The summed E-state index contributed by atoms with van der Waals surface area (Å²) in [6.45, 7) is 4.10. The van der Waals surface area contributed by atoms with Crippen LogP contribution in [0.5, 0.6) is 0 Å². The smallest absolute Gasteiger partial charge is 0.131 e. The van der Waals surface area contributed by atoms with Gasteiger partial charge in [0, 0.05) is 17.5 Å². The molecule has 74 valence electrons. The fourth-order valence-electron chi connectivity index (χ4n) is 1.44. The standard InChI is InChI=1S/C12H11N3/c1-8(2)12-14-7-10-9(6-13)4-3-5-11(10)15-12/h3-5,7-8H,1-2H3. The SMILES string of the molecule is CC(C)c1ncc2c(C#N)cccc2n1. The van der Waals surface area contributed by atoms with Gasteiger partial charge in [-0.15, -0.1) is 0 Å². The normalized spacial score (nSPS) is 10.5. The molecule has 15 heavy (non-hydrogen) atoms. The summed E-state index contributed by atoms with van der Waals surface area (Å²) in [5.74, 6) is 1.12. The first-order chi connectivity index (χ1) is 7.22. The summed E-state index contributed by atoms with van der Waals surface area (Å²) >= 11 is 0. The van der Waals surface area contributed by atoms with E-state index in [9.17, 15) is 0 Å². The Labute approximate surface area is 88.4 Å². The first kappa shape index (κ1) is 9.60. The van der Waals surface area contributed by atoms with Crippen molar-refractivity contribution in [1.29, 1.82) is 5.26 Å². The van der Waals surface area contributed by atoms with Crippen molar-refractivity contribution in [3.8, 4) is 6.07 Å². The fraction of sp³-hybridized carbons (Fsp3) is 0.250. The Kier molecular flexibility index (Phi) is 2.34. The van der Waals surface area contributed by atoms with Crippen LogP contribution in [0.1, 0.15) is 31.2 Å². The predicted molar refractivity (Wildman–Crippen MR) is 58.3 cm³/mol. The third-order valence-corrected chi connectivity index (χ3v) is 2.28. The minimum Gasteiger partial charge on any atom is -0.240 e. The zero-order valence-electron chi connectivity index (χ0n) is 8.73. The fourth-order valence-corrected chi connectivity index (χ4v) is 1.44. The summed E-state index contributed by atoms with van der Waals surface area (Å²) in [4.78, 5) is 8.67. The van der Waals surface area contributed by atoms with Gasteiger partial charge >= 0.3 is 0 Å². The van der Waals surface area contributed by atoms with Crippen LogP contribution in [-0.2, 0) is 0 Å². The lowest BCUT2D eigenvalue weighted by Crippen LogP contribution is -1.97. The van der Waals surface area contributed by atoms with Gasteiger partial charge in [-0.05, 0) is 12.1 Å². The Morgan fingerprint density at radius 2 is 2.13 bits per heavy atom. The van der Waals surface area contributed by atoms with E-state index in [0.717, 1.165) is 16.7 Å². The molecule has 0 fully saturated rings. The van der Waals surface area contributed by atoms with E-state index in [2.05, 4.69) is 29.9 Å². The van der Waals surface area contributed by atoms with Crippen LogP contribution in [0.25, 0.3) is 10.9 Å². The van der Waals surface area contributed by atoms with E-state index in [4.69, 9.17) is 5.26 Å². The molecule has 0 N–H and O–H groups in total. The van der Waals surface area contributed by atoms with Gasteiger partial charge in [-0.25, -0.2) is 9.97 Å². The highest BCUT2D eigenvalue weighted by Crippen LogP contribution is 2.17. The zero-order valence-corrected chi connectivity index (χ0v) is 8.73. The average molecular weight is 197 g/mol. The molecule has 0 radical (unpaired) electrons. The highest BCUT2D eigenvalue weighted by atomic mass is 14.9. The zero-order chi connectivity index (χ0) is 10.8. The van der Waals surface area contributed by atoms with E-state index >= 15 is 0 Å². The first-order valence-corrected chi connectivity index (χ1v) is 4.88. The van der Waals surface area contributed by atoms with Gasteiger partial charge in [0.1, 0.15) is 5.82 Å². The molecule has 0 bridgehead atoms. The Hall–Kier alpha value is -1.95. The van der Waals surface area contributed by atoms with Gasteiger partial charge in [-0.3, -0.25) is 0 Å². The van der Waals surface area contributed by atoms with Crippen molar-refractivity contribution in [2.45, 2.75) is 19.8 Å². The predicted octanol–water partition coefficient (Wildman–Crippen LogP) is 2.62. The molecule has 1 aromatic carbocycles. The Morgan fingerprint density at radius 1 is 1.33 bits per heavy atom. The second-order valence-electron chi connectivity index (χ2n) is 3.73. The van der Waals surface area contributed by atoms with Crippen molar-refractivity contribution in [1.82, 2.24) is 9.97 Å². The molecule has 1 heterocycles. The molecule has 1 aromatic heterocycles. The van der Waals surface area contributed by atoms with Crippen molar-refractivity contribution in [2.75, 3.05) is 0 Å². The molecule has 3 heteroatoms. The second-order valence-corrected chi connectivity index (χ2v) is 3.73. The summed E-state index contributed by atoms with van der Waals surface area (Å²) in [6.07, 6.45) is 1.73. The van der Waals surface area contributed by atoms with Crippen molar-refractivity contribution >= 4 is 10.9 Å². The molecular weight excluding hydrogens is 186 g/mol. The van der Waals surface area contributed by atoms with Crippen LogP contribution in [0, 0.1) is 11.3 Å². The van der Waals surface area contributed by atoms with E-state index in [1.54, 1.807) is 12.3 Å². The molecule has 2 aromatic rings. The minimum atomic E-state index is 0.306. The summed E-state index contributed by atoms with van der Waals surface area (Å²) in [6, 6.07) is 7.67. The summed E-state index contributed by atoms with van der Waals surface area (Å²) in [5.41, 5.74) is 1.47. The van der Waals surface area contributed by atoms with E-state index in [1.165, 1.54) is 0 Å². The van der Waals surface area contributed by atoms with E-state index in [0.29, 0.717) is 11.5 Å². The number of rotatable bonds is 1. The van der Waals surface area contributed by atoms with Crippen LogP contribution >= 0.6 is 0 Å². The van der Waals surface area contributed by atoms with Crippen molar-refractivity contribution in [3.63, 3.8) is 0 Å². The van der Waals surface area contributed by atoms with Gasteiger partial charge in [0.25, 0.3) is 0 Å². The van der Waals surface area contributed by atoms with Gasteiger partial charge in [-0.1, -0.05) is 19.9 Å². The van der Waals surface area contributed by atoms with E-state index < -0.39 is 0 Å². The number of nitriles is 1.